The van der Waals surface area contributed by atoms with E-state index in [0.717, 1.165) is 12.3 Å². The molecule has 100 valence electrons. The molecule has 0 spiro atoms. The largest absolute Gasteiger partial charge is 0.384 e. The van der Waals surface area contributed by atoms with Gasteiger partial charge in [-0.25, -0.2) is 4.79 Å². The fraction of sp³-hybridized carbons (Fsp3) is 0.556. The van der Waals surface area contributed by atoms with Gasteiger partial charge >= 0.3 is 11.6 Å². The summed E-state index contributed by atoms with van der Waals surface area (Å²) in [4.78, 5) is 24.1. The molecule has 1 fully saturated rings. The lowest BCUT2D eigenvalue weighted by Gasteiger charge is -2.20. The summed E-state index contributed by atoms with van der Waals surface area (Å²) in [6, 6.07) is 0.935. The Labute approximate surface area is 113 Å². The van der Waals surface area contributed by atoms with Crippen molar-refractivity contribution >= 4 is 22.6 Å². The Morgan fingerprint density at radius 3 is 2.72 bits per heavy atom. The van der Waals surface area contributed by atoms with Crippen LogP contribution in [0.4, 0.5) is 8.78 Å². The number of aromatic amines is 1. The van der Waals surface area contributed by atoms with Crippen LogP contribution in [0.15, 0.2) is 21.9 Å². The Kier molecular flexibility index (Phi) is 3.56. The summed E-state index contributed by atoms with van der Waals surface area (Å²) in [7, 11) is 0. The standard InChI is InChI=1S/C9H9F2IN2O4/c10-9(11)6(16)4(3-12)18-7(9)14-2-1-5(15)13-8(14)17/h1-2,4,6-7,16H,3H2,(H,13,15,17). The second-order valence-corrected chi connectivity index (χ2v) is 4.70. The maximum atomic E-state index is 13.8. The highest BCUT2D eigenvalue weighted by Crippen LogP contribution is 2.42. The molecule has 0 saturated carbocycles. The predicted octanol–water partition coefficient (Wildman–Crippen LogP) is -0.135. The second-order valence-electron chi connectivity index (χ2n) is 3.82. The lowest BCUT2D eigenvalue weighted by Crippen LogP contribution is -2.42. The molecular weight excluding hydrogens is 365 g/mol. The van der Waals surface area contributed by atoms with Gasteiger partial charge < -0.3 is 9.84 Å². The molecule has 0 amide bonds. The van der Waals surface area contributed by atoms with Crippen LogP contribution < -0.4 is 11.2 Å². The molecule has 0 radical (unpaired) electrons. The fourth-order valence-electron chi connectivity index (χ4n) is 1.71. The Balaban J connectivity index is 2.45. The smallest absolute Gasteiger partial charge is 0.330 e. The van der Waals surface area contributed by atoms with E-state index in [4.69, 9.17) is 4.74 Å². The Morgan fingerprint density at radius 2 is 2.22 bits per heavy atom. The normalized spacial score (nSPS) is 30.6. The van der Waals surface area contributed by atoms with Crippen LogP contribution in [0.25, 0.3) is 0 Å². The molecule has 1 aliphatic heterocycles. The predicted molar refractivity (Wildman–Crippen MR) is 65.1 cm³/mol. The van der Waals surface area contributed by atoms with Gasteiger partial charge in [-0.05, 0) is 0 Å². The van der Waals surface area contributed by atoms with E-state index in [1.807, 2.05) is 4.98 Å². The topological polar surface area (TPSA) is 84.3 Å². The van der Waals surface area contributed by atoms with Gasteiger partial charge in [-0.3, -0.25) is 14.3 Å². The third-order valence-electron chi connectivity index (χ3n) is 2.64. The third-order valence-corrected chi connectivity index (χ3v) is 3.50. The SMILES string of the molecule is O=c1ccn(C2OC(CI)C(O)C2(F)F)c(=O)[nH]1. The van der Waals surface area contributed by atoms with Crippen LogP contribution in [-0.4, -0.2) is 37.2 Å². The number of alkyl halides is 3. The maximum Gasteiger partial charge on any atom is 0.330 e. The van der Waals surface area contributed by atoms with Crippen molar-refractivity contribution < 1.29 is 18.6 Å². The number of halogens is 3. The van der Waals surface area contributed by atoms with E-state index in [2.05, 4.69) is 0 Å². The number of nitrogens with zero attached hydrogens (tertiary/aromatic N) is 1. The molecule has 0 aliphatic carbocycles. The number of rotatable bonds is 2. The molecule has 3 unspecified atom stereocenters. The van der Waals surface area contributed by atoms with Crippen molar-refractivity contribution in [3.63, 3.8) is 0 Å². The number of H-pyrrole nitrogens is 1. The minimum Gasteiger partial charge on any atom is -0.384 e. The van der Waals surface area contributed by atoms with Crippen LogP contribution in [0, 0.1) is 0 Å². The fourth-order valence-corrected chi connectivity index (χ4v) is 2.40. The van der Waals surface area contributed by atoms with E-state index in [1.165, 1.54) is 0 Å². The zero-order chi connectivity index (χ0) is 13.5. The van der Waals surface area contributed by atoms with Crippen molar-refractivity contribution in [3.8, 4) is 0 Å². The van der Waals surface area contributed by atoms with Crippen LogP contribution in [-0.2, 0) is 4.74 Å². The number of aliphatic hydroxyl groups excluding tert-OH is 1. The number of nitrogens with one attached hydrogen (secondary N) is 1. The average Bonchev–Trinajstić information content (AvgIpc) is 2.52. The van der Waals surface area contributed by atoms with E-state index in [-0.39, 0.29) is 4.43 Å². The number of ether oxygens (including phenoxy) is 1. The van der Waals surface area contributed by atoms with Crippen LogP contribution in [0.5, 0.6) is 0 Å². The highest BCUT2D eigenvalue weighted by molar-refractivity contribution is 14.1. The van der Waals surface area contributed by atoms with Crippen molar-refractivity contribution in [2.75, 3.05) is 4.43 Å². The van der Waals surface area contributed by atoms with E-state index in [0.29, 0.717) is 4.57 Å². The van der Waals surface area contributed by atoms with E-state index >= 15 is 0 Å². The Morgan fingerprint density at radius 1 is 1.56 bits per heavy atom. The number of aliphatic hydroxyl groups is 1. The molecule has 0 aromatic carbocycles. The van der Waals surface area contributed by atoms with Gasteiger partial charge in [0.25, 0.3) is 5.56 Å². The van der Waals surface area contributed by atoms with Gasteiger partial charge in [-0.15, -0.1) is 0 Å². The van der Waals surface area contributed by atoms with Crippen molar-refractivity contribution in [2.24, 2.45) is 0 Å². The minimum atomic E-state index is -3.60. The lowest BCUT2D eigenvalue weighted by molar-refractivity contribution is -0.140. The molecule has 1 aromatic heterocycles. The van der Waals surface area contributed by atoms with Gasteiger partial charge in [0.1, 0.15) is 12.2 Å². The summed E-state index contributed by atoms with van der Waals surface area (Å²) in [6.07, 6.45) is -4.05. The summed E-state index contributed by atoms with van der Waals surface area (Å²) < 4.78 is 33.3. The van der Waals surface area contributed by atoms with E-state index in [9.17, 15) is 23.5 Å². The summed E-state index contributed by atoms with van der Waals surface area (Å²) >= 11 is 1.80. The van der Waals surface area contributed by atoms with Crippen molar-refractivity contribution in [1.29, 1.82) is 0 Å². The maximum absolute atomic E-state index is 13.8. The van der Waals surface area contributed by atoms with Gasteiger partial charge in [0.2, 0.25) is 6.23 Å². The first-order valence-corrected chi connectivity index (χ1v) is 6.49. The van der Waals surface area contributed by atoms with Crippen LogP contribution in [0.2, 0.25) is 0 Å². The number of aromatic nitrogens is 2. The summed E-state index contributed by atoms with van der Waals surface area (Å²) in [5.41, 5.74) is -1.70. The monoisotopic (exact) mass is 374 g/mol. The van der Waals surface area contributed by atoms with Gasteiger partial charge in [-0.1, -0.05) is 22.6 Å². The van der Waals surface area contributed by atoms with Crippen molar-refractivity contribution in [2.45, 2.75) is 24.4 Å². The van der Waals surface area contributed by atoms with Gasteiger partial charge in [-0.2, -0.15) is 8.78 Å². The summed E-state index contributed by atoms with van der Waals surface area (Å²) in [5, 5.41) is 9.43. The zero-order valence-electron chi connectivity index (χ0n) is 8.85. The minimum absolute atomic E-state index is 0.156. The molecular formula is C9H9F2IN2O4. The quantitative estimate of drug-likeness (QED) is 0.558. The molecule has 1 aliphatic rings. The first-order valence-electron chi connectivity index (χ1n) is 4.96. The van der Waals surface area contributed by atoms with Crippen molar-refractivity contribution in [3.05, 3.63) is 33.1 Å². The first kappa shape index (κ1) is 13.6. The number of hydrogen-bond acceptors (Lipinski definition) is 4. The second kappa shape index (κ2) is 4.70. The Hall–Kier alpha value is -0.810. The molecule has 2 rings (SSSR count). The molecule has 2 N–H and O–H groups in total. The number of hydrogen-bond donors (Lipinski definition) is 2. The highest BCUT2D eigenvalue weighted by atomic mass is 127. The summed E-state index contributed by atoms with van der Waals surface area (Å²) in [6.45, 7) is 0. The molecule has 2 heterocycles. The zero-order valence-corrected chi connectivity index (χ0v) is 11.0. The Bertz CT molecular complexity index is 558. The molecule has 9 heteroatoms. The molecule has 6 nitrogen and oxygen atoms in total. The highest BCUT2D eigenvalue weighted by Gasteiger charge is 2.59. The van der Waals surface area contributed by atoms with Gasteiger partial charge in [0, 0.05) is 16.7 Å². The molecule has 0 bridgehead atoms. The molecule has 1 saturated heterocycles. The average molecular weight is 374 g/mol. The van der Waals surface area contributed by atoms with Crippen LogP contribution >= 0.6 is 22.6 Å². The summed E-state index contributed by atoms with van der Waals surface area (Å²) in [5.74, 6) is -3.60. The van der Waals surface area contributed by atoms with Crippen LogP contribution in [0.1, 0.15) is 6.23 Å². The molecule has 1 aromatic rings. The third kappa shape index (κ3) is 2.10. The molecule has 18 heavy (non-hydrogen) atoms. The van der Waals surface area contributed by atoms with E-state index < -0.39 is 35.6 Å². The van der Waals surface area contributed by atoms with Gasteiger partial charge in [0.05, 0.1) is 0 Å². The first-order chi connectivity index (χ1) is 8.37. The lowest BCUT2D eigenvalue weighted by atomic mass is 10.1. The molecule has 3 atom stereocenters. The van der Waals surface area contributed by atoms with Crippen molar-refractivity contribution in [1.82, 2.24) is 9.55 Å². The van der Waals surface area contributed by atoms with Gasteiger partial charge in [0.15, 0.2) is 0 Å². The van der Waals surface area contributed by atoms with Crippen LogP contribution in [0.3, 0.4) is 0 Å². The van der Waals surface area contributed by atoms with E-state index in [1.54, 1.807) is 22.6 Å².